The smallest absolute Gasteiger partial charge is 0.240 e. The lowest BCUT2D eigenvalue weighted by molar-refractivity contribution is 0.0200. The van der Waals surface area contributed by atoms with Gasteiger partial charge in [0.2, 0.25) is 10.0 Å². The molecule has 0 radical (unpaired) electrons. The summed E-state index contributed by atoms with van der Waals surface area (Å²) in [5, 5.41) is 8.79. The minimum Gasteiger partial charge on any atom is -0.396 e. The molecule has 1 aliphatic heterocycles. The first-order valence-corrected chi connectivity index (χ1v) is 8.91. The molecule has 5 nitrogen and oxygen atoms in total. The van der Waals surface area contributed by atoms with Crippen LogP contribution in [0.5, 0.6) is 0 Å². The molecule has 0 aliphatic carbocycles. The van der Waals surface area contributed by atoms with Crippen molar-refractivity contribution in [3.05, 3.63) is 29.8 Å². The Morgan fingerprint density at radius 3 is 2.62 bits per heavy atom. The number of sulfonamides is 1. The third-order valence-electron chi connectivity index (χ3n) is 3.63. The van der Waals surface area contributed by atoms with Crippen molar-refractivity contribution in [1.82, 2.24) is 4.72 Å². The Hall–Kier alpha value is -0.950. The number of aliphatic hydroxyl groups excluding tert-OH is 1. The first-order chi connectivity index (χ1) is 10.1. The summed E-state index contributed by atoms with van der Waals surface area (Å²) in [5.74, 6) is 0. The molecule has 1 aromatic rings. The quantitative estimate of drug-likeness (QED) is 0.799. The van der Waals surface area contributed by atoms with Crippen LogP contribution in [0.15, 0.2) is 29.2 Å². The van der Waals surface area contributed by atoms with Gasteiger partial charge in [0.25, 0.3) is 0 Å². The van der Waals surface area contributed by atoms with Crippen LogP contribution in [-0.4, -0.2) is 39.4 Å². The summed E-state index contributed by atoms with van der Waals surface area (Å²) in [7, 11) is -3.48. The fourth-order valence-corrected chi connectivity index (χ4v) is 3.44. The van der Waals surface area contributed by atoms with Gasteiger partial charge in [-0.15, -0.1) is 0 Å². The SMILES string of the molecule is O=S(=O)(NCC1CCCCO1)c1ccc(CCCO)cc1. The van der Waals surface area contributed by atoms with Gasteiger partial charge in [-0.05, 0) is 49.8 Å². The number of hydrogen-bond donors (Lipinski definition) is 2. The van der Waals surface area contributed by atoms with E-state index in [1.54, 1.807) is 24.3 Å². The van der Waals surface area contributed by atoms with Crippen LogP contribution in [0.25, 0.3) is 0 Å². The van der Waals surface area contributed by atoms with Crippen molar-refractivity contribution in [2.75, 3.05) is 19.8 Å². The van der Waals surface area contributed by atoms with E-state index >= 15 is 0 Å². The van der Waals surface area contributed by atoms with Crippen molar-refractivity contribution in [3.8, 4) is 0 Å². The molecule has 2 N–H and O–H groups in total. The van der Waals surface area contributed by atoms with Crippen molar-refractivity contribution in [1.29, 1.82) is 0 Å². The van der Waals surface area contributed by atoms with E-state index in [2.05, 4.69) is 4.72 Å². The van der Waals surface area contributed by atoms with Crippen LogP contribution in [0.4, 0.5) is 0 Å². The first kappa shape index (κ1) is 16.4. The summed E-state index contributed by atoms with van der Waals surface area (Å²) in [6.45, 7) is 1.18. The predicted molar refractivity (Wildman–Crippen MR) is 80.6 cm³/mol. The maximum absolute atomic E-state index is 12.2. The van der Waals surface area contributed by atoms with Gasteiger partial charge in [-0.25, -0.2) is 13.1 Å². The second-order valence-electron chi connectivity index (χ2n) is 5.31. The van der Waals surface area contributed by atoms with Gasteiger partial charge in [-0.2, -0.15) is 0 Å². The van der Waals surface area contributed by atoms with Crippen molar-refractivity contribution < 1.29 is 18.3 Å². The number of nitrogens with one attached hydrogen (secondary N) is 1. The van der Waals surface area contributed by atoms with Gasteiger partial charge in [0.15, 0.2) is 0 Å². The molecule has 0 saturated carbocycles. The van der Waals surface area contributed by atoms with Crippen molar-refractivity contribution >= 4 is 10.0 Å². The van der Waals surface area contributed by atoms with Crippen LogP contribution in [0.2, 0.25) is 0 Å². The molecule has 1 aromatic carbocycles. The van der Waals surface area contributed by atoms with E-state index in [-0.39, 0.29) is 17.6 Å². The Morgan fingerprint density at radius 1 is 1.24 bits per heavy atom. The Labute approximate surface area is 126 Å². The molecule has 6 heteroatoms. The number of rotatable bonds is 7. The predicted octanol–water partition coefficient (Wildman–Crippen LogP) is 1.46. The molecule has 0 bridgehead atoms. The highest BCUT2D eigenvalue weighted by atomic mass is 32.2. The molecular formula is C15H23NO4S. The zero-order valence-electron chi connectivity index (χ0n) is 12.1. The largest absolute Gasteiger partial charge is 0.396 e. The third-order valence-corrected chi connectivity index (χ3v) is 5.07. The Kier molecular flexibility index (Phi) is 6.17. The normalized spacial score (nSPS) is 19.6. The first-order valence-electron chi connectivity index (χ1n) is 7.43. The van der Waals surface area contributed by atoms with E-state index in [0.717, 1.165) is 31.2 Å². The molecule has 0 aromatic heterocycles. The lowest BCUT2D eigenvalue weighted by Crippen LogP contribution is -2.35. The molecule has 1 saturated heterocycles. The van der Waals surface area contributed by atoms with Gasteiger partial charge in [0.05, 0.1) is 11.0 Å². The van der Waals surface area contributed by atoms with E-state index in [1.165, 1.54) is 0 Å². The average Bonchev–Trinajstić information content (AvgIpc) is 2.52. The van der Waals surface area contributed by atoms with Crippen LogP contribution in [0, 0.1) is 0 Å². The second kappa shape index (κ2) is 7.89. The molecule has 0 spiro atoms. The van der Waals surface area contributed by atoms with Gasteiger partial charge in [-0.1, -0.05) is 12.1 Å². The number of hydrogen-bond acceptors (Lipinski definition) is 4. The molecule has 2 rings (SSSR count). The molecule has 1 unspecified atom stereocenters. The van der Waals surface area contributed by atoms with Crippen LogP contribution in [0.1, 0.15) is 31.2 Å². The fourth-order valence-electron chi connectivity index (χ4n) is 2.37. The van der Waals surface area contributed by atoms with Gasteiger partial charge >= 0.3 is 0 Å². The van der Waals surface area contributed by atoms with Gasteiger partial charge in [0.1, 0.15) is 0 Å². The lowest BCUT2D eigenvalue weighted by atomic mass is 10.1. The van der Waals surface area contributed by atoms with Gasteiger partial charge in [0, 0.05) is 19.8 Å². The standard InChI is InChI=1S/C15H23NO4S/c17-10-3-4-13-6-8-15(9-7-13)21(18,19)16-12-14-5-1-2-11-20-14/h6-9,14,16-17H,1-5,10-12H2. The van der Waals surface area contributed by atoms with Crippen molar-refractivity contribution in [2.45, 2.75) is 43.1 Å². The van der Waals surface area contributed by atoms with Crippen molar-refractivity contribution in [3.63, 3.8) is 0 Å². The minimum atomic E-state index is -3.48. The van der Waals surface area contributed by atoms with Crippen LogP contribution in [0.3, 0.4) is 0 Å². The van der Waals surface area contributed by atoms with Crippen LogP contribution >= 0.6 is 0 Å². The topological polar surface area (TPSA) is 75.6 Å². The molecule has 0 amide bonds. The highest BCUT2D eigenvalue weighted by molar-refractivity contribution is 7.89. The van der Waals surface area contributed by atoms with Crippen molar-refractivity contribution in [2.24, 2.45) is 0 Å². The highest BCUT2D eigenvalue weighted by Gasteiger charge is 2.19. The van der Waals surface area contributed by atoms with E-state index in [0.29, 0.717) is 19.6 Å². The molecule has 21 heavy (non-hydrogen) atoms. The molecule has 118 valence electrons. The maximum Gasteiger partial charge on any atom is 0.240 e. The lowest BCUT2D eigenvalue weighted by Gasteiger charge is -2.22. The Bertz CT molecular complexity index is 521. The fraction of sp³-hybridized carbons (Fsp3) is 0.600. The average molecular weight is 313 g/mol. The number of aryl methyl sites for hydroxylation is 1. The maximum atomic E-state index is 12.2. The highest BCUT2D eigenvalue weighted by Crippen LogP contribution is 2.14. The van der Waals surface area contributed by atoms with Crippen LogP contribution in [-0.2, 0) is 21.2 Å². The zero-order valence-corrected chi connectivity index (χ0v) is 12.9. The zero-order chi connectivity index (χ0) is 15.1. The summed E-state index contributed by atoms with van der Waals surface area (Å²) in [6.07, 6.45) is 4.47. The van der Waals surface area contributed by atoms with E-state index < -0.39 is 10.0 Å². The van der Waals surface area contributed by atoms with Gasteiger partial charge < -0.3 is 9.84 Å². The Morgan fingerprint density at radius 2 is 2.00 bits per heavy atom. The monoisotopic (exact) mass is 313 g/mol. The number of aliphatic hydroxyl groups is 1. The van der Waals surface area contributed by atoms with Crippen LogP contribution < -0.4 is 4.72 Å². The summed E-state index contributed by atoms with van der Waals surface area (Å²) in [6, 6.07) is 6.80. The summed E-state index contributed by atoms with van der Waals surface area (Å²) in [4.78, 5) is 0.269. The molecule has 1 atom stereocenters. The Balaban J connectivity index is 1.91. The van der Waals surface area contributed by atoms with E-state index in [1.807, 2.05) is 0 Å². The molecule has 1 fully saturated rings. The molecule has 1 heterocycles. The molecular weight excluding hydrogens is 290 g/mol. The third kappa shape index (κ3) is 5.07. The number of ether oxygens (including phenoxy) is 1. The molecule has 1 aliphatic rings. The second-order valence-corrected chi connectivity index (χ2v) is 7.08. The minimum absolute atomic E-state index is 0.0163. The number of benzene rings is 1. The summed E-state index contributed by atoms with van der Waals surface area (Å²) in [5.41, 5.74) is 1.03. The van der Waals surface area contributed by atoms with E-state index in [9.17, 15) is 8.42 Å². The van der Waals surface area contributed by atoms with E-state index in [4.69, 9.17) is 9.84 Å². The van der Waals surface area contributed by atoms with Gasteiger partial charge in [-0.3, -0.25) is 0 Å². The summed E-state index contributed by atoms with van der Waals surface area (Å²) < 4.78 is 32.5. The summed E-state index contributed by atoms with van der Waals surface area (Å²) >= 11 is 0.